The van der Waals surface area contributed by atoms with Crippen LogP contribution in [0.5, 0.6) is 0 Å². The van der Waals surface area contributed by atoms with Crippen molar-refractivity contribution in [3.63, 3.8) is 0 Å². The Kier molecular flexibility index (Phi) is 3.39. The molecule has 1 aromatic carbocycles. The predicted molar refractivity (Wildman–Crippen MR) is 62.8 cm³/mol. The minimum Gasteiger partial charge on any atom is -0.674 e. The molecular weight excluding hydrogens is 262 g/mol. The highest BCUT2D eigenvalue weighted by Gasteiger charge is 2.43. The first-order valence-corrected chi connectivity index (χ1v) is 6.91. The van der Waals surface area contributed by atoms with E-state index in [4.69, 9.17) is 5.73 Å². The van der Waals surface area contributed by atoms with Crippen LogP contribution in [-0.4, -0.2) is 31.7 Å². The van der Waals surface area contributed by atoms with E-state index in [0.717, 1.165) is 4.31 Å². The first-order chi connectivity index (χ1) is 8.35. The van der Waals surface area contributed by atoms with Crippen molar-refractivity contribution < 1.29 is 17.2 Å². The quantitative estimate of drug-likeness (QED) is 0.849. The minimum absolute atomic E-state index is 0.00241. The van der Waals surface area contributed by atoms with Gasteiger partial charge in [0, 0.05) is 13.0 Å². The van der Waals surface area contributed by atoms with E-state index in [1.54, 1.807) is 0 Å². The van der Waals surface area contributed by atoms with Gasteiger partial charge >= 0.3 is 0 Å². The van der Waals surface area contributed by atoms with Crippen LogP contribution < -0.4 is 0 Å². The van der Waals surface area contributed by atoms with Crippen molar-refractivity contribution in [3.8, 4) is 0 Å². The molecule has 0 saturated carbocycles. The minimum atomic E-state index is -3.84. The lowest BCUT2D eigenvalue weighted by Gasteiger charge is -2.16. The summed E-state index contributed by atoms with van der Waals surface area (Å²) in [4.78, 5) is -0.00241. The lowest BCUT2D eigenvalue weighted by Crippen LogP contribution is -2.31. The van der Waals surface area contributed by atoms with Gasteiger partial charge in [-0.25, -0.2) is 17.2 Å². The van der Waals surface area contributed by atoms with Gasteiger partial charge in [-0.3, -0.25) is 0 Å². The van der Waals surface area contributed by atoms with Crippen LogP contribution in [0, 0.1) is 0 Å². The van der Waals surface area contributed by atoms with Crippen LogP contribution in [0.3, 0.4) is 0 Å². The lowest BCUT2D eigenvalue weighted by atomic mass is 10.2. The summed E-state index contributed by atoms with van der Waals surface area (Å²) < 4.78 is 51.0. The first-order valence-electron chi connectivity index (χ1n) is 5.47. The number of sulfonamides is 1. The molecule has 0 aromatic heterocycles. The summed E-state index contributed by atoms with van der Waals surface area (Å²) >= 11 is 0. The fourth-order valence-corrected chi connectivity index (χ4v) is 3.31. The zero-order chi connectivity index (χ0) is 13.4. The molecule has 0 spiro atoms. The van der Waals surface area contributed by atoms with E-state index >= 15 is 0 Å². The van der Waals surface area contributed by atoms with Crippen molar-refractivity contribution in [2.24, 2.45) is 0 Å². The molecule has 100 valence electrons. The van der Waals surface area contributed by atoms with Crippen LogP contribution in [0.1, 0.15) is 12.0 Å². The molecule has 1 fully saturated rings. The van der Waals surface area contributed by atoms with E-state index in [9.17, 15) is 17.2 Å². The molecule has 18 heavy (non-hydrogen) atoms. The highest BCUT2D eigenvalue weighted by molar-refractivity contribution is 7.89. The van der Waals surface area contributed by atoms with E-state index in [1.807, 2.05) is 0 Å². The van der Waals surface area contributed by atoms with E-state index in [1.165, 1.54) is 24.3 Å². The molecule has 0 unspecified atom stereocenters. The van der Waals surface area contributed by atoms with Crippen LogP contribution in [0.15, 0.2) is 29.2 Å². The third-order valence-electron chi connectivity index (χ3n) is 2.90. The number of hydrogen-bond donors (Lipinski definition) is 0. The molecule has 4 nitrogen and oxygen atoms in total. The number of rotatable bonds is 3. The number of halogens is 2. The summed E-state index contributed by atoms with van der Waals surface area (Å²) in [5, 5.41) is 0. The standard InChI is InChI=1S/C11H13F2N2O2S/c12-11(13)5-6-15(8-11)18(16,17)10-3-1-9(7-14)2-4-10/h1-4,14H,5-8H2/q-1. The van der Waals surface area contributed by atoms with Gasteiger partial charge in [-0.05, 0) is 12.1 Å². The molecule has 0 bridgehead atoms. The van der Waals surface area contributed by atoms with Crippen LogP contribution in [0.4, 0.5) is 8.78 Å². The zero-order valence-corrected chi connectivity index (χ0v) is 10.4. The second-order valence-corrected chi connectivity index (χ2v) is 6.20. The normalized spacial score (nSPS) is 20.2. The summed E-state index contributed by atoms with van der Waals surface area (Å²) in [5.41, 5.74) is 7.81. The number of nitrogens with zero attached hydrogens (tertiary/aromatic N) is 1. The maximum Gasteiger partial charge on any atom is 0.262 e. The van der Waals surface area contributed by atoms with Gasteiger partial charge in [-0.1, -0.05) is 17.7 Å². The molecule has 1 aliphatic heterocycles. The van der Waals surface area contributed by atoms with Crippen molar-refractivity contribution in [2.45, 2.75) is 23.8 Å². The Labute approximate surface area is 104 Å². The molecule has 0 radical (unpaired) electrons. The summed E-state index contributed by atoms with van der Waals surface area (Å²) in [7, 11) is -3.84. The number of benzene rings is 1. The summed E-state index contributed by atoms with van der Waals surface area (Å²) in [6.07, 6.45) is -0.433. The summed E-state index contributed by atoms with van der Waals surface area (Å²) in [6, 6.07) is 5.76. The van der Waals surface area contributed by atoms with Crippen molar-refractivity contribution >= 4 is 10.0 Å². The second-order valence-electron chi connectivity index (χ2n) is 4.27. The smallest absolute Gasteiger partial charge is 0.262 e. The van der Waals surface area contributed by atoms with Crippen LogP contribution in [0.25, 0.3) is 5.73 Å². The Hall–Kier alpha value is -1.05. The number of hydrogen-bond acceptors (Lipinski definition) is 2. The molecule has 1 aliphatic rings. The lowest BCUT2D eigenvalue weighted by molar-refractivity contribution is 0.0183. The largest absolute Gasteiger partial charge is 0.674 e. The monoisotopic (exact) mass is 275 g/mol. The highest BCUT2D eigenvalue weighted by atomic mass is 32.2. The second kappa shape index (κ2) is 4.56. The Morgan fingerprint density at radius 1 is 1.28 bits per heavy atom. The maximum absolute atomic E-state index is 13.0. The number of alkyl halides is 2. The molecule has 0 amide bonds. The predicted octanol–water partition coefficient (Wildman–Crippen LogP) is 2.27. The molecule has 1 saturated heterocycles. The third kappa shape index (κ3) is 2.52. The van der Waals surface area contributed by atoms with Crippen molar-refractivity contribution in [3.05, 3.63) is 35.6 Å². The molecule has 1 aromatic rings. The van der Waals surface area contributed by atoms with Gasteiger partial charge in [0.25, 0.3) is 5.92 Å². The van der Waals surface area contributed by atoms with Gasteiger partial charge in [-0.15, -0.1) is 6.54 Å². The fourth-order valence-electron chi connectivity index (χ4n) is 1.84. The average molecular weight is 275 g/mol. The van der Waals surface area contributed by atoms with Crippen LogP contribution >= 0.6 is 0 Å². The van der Waals surface area contributed by atoms with E-state index < -0.39 is 28.9 Å². The molecule has 7 heteroatoms. The maximum atomic E-state index is 13.0. The van der Waals surface area contributed by atoms with E-state index in [2.05, 4.69) is 0 Å². The average Bonchev–Trinajstić information content (AvgIpc) is 2.70. The fraction of sp³-hybridized carbons (Fsp3) is 0.455. The highest BCUT2D eigenvalue weighted by Crippen LogP contribution is 2.31. The molecule has 1 N–H and O–H groups in total. The molecule has 0 aliphatic carbocycles. The molecular formula is C11H13F2N2O2S-. The van der Waals surface area contributed by atoms with Gasteiger partial charge in [0.05, 0.1) is 11.4 Å². The van der Waals surface area contributed by atoms with E-state index in [-0.39, 0.29) is 18.0 Å². The van der Waals surface area contributed by atoms with Crippen LogP contribution in [-0.2, 0) is 16.6 Å². The Bertz CT molecular complexity index is 528. The van der Waals surface area contributed by atoms with Crippen molar-refractivity contribution in [1.82, 2.24) is 4.31 Å². The van der Waals surface area contributed by atoms with Crippen molar-refractivity contribution in [2.75, 3.05) is 13.1 Å². The summed E-state index contributed by atoms with van der Waals surface area (Å²) in [6.45, 7) is -0.854. The first kappa shape index (κ1) is 13.4. The molecule has 1 heterocycles. The van der Waals surface area contributed by atoms with Gasteiger partial charge in [0.2, 0.25) is 10.0 Å². The van der Waals surface area contributed by atoms with E-state index in [0.29, 0.717) is 5.56 Å². The number of nitrogens with one attached hydrogen (secondary N) is 1. The van der Waals surface area contributed by atoms with Gasteiger partial charge in [0.1, 0.15) is 0 Å². The summed E-state index contributed by atoms with van der Waals surface area (Å²) in [5.74, 6) is -2.94. The van der Waals surface area contributed by atoms with Crippen LogP contribution in [0.2, 0.25) is 0 Å². The topological polar surface area (TPSA) is 61.2 Å². The Morgan fingerprint density at radius 3 is 2.33 bits per heavy atom. The SMILES string of the molecule is [NH-]Cc1ccc(S(=O)(=O)N2CCC(F)(F)C2)cc1. The zero-order valence-electron chi connectivity index (χ0n) is 9.57. The Balaban J connectivity index is 2.25. The Morgan fingerprint density at radius 2 is 1.89 bits per heavy atom. The van der Waals surface area contributed by atoms with Crippen molar-refractivity contribution in [1.29, 1.82) is 0 Å². The van der Waals surface area contributed by atoms with Gasteiger partial charge < -0.3 is 5.73 Å². The van der Waals surface area contributed by atoms with Gasteiger partial charge in [0.15, 0.2) is 0 Å². The molecule has 0 atom stereocenters. The van der Waals surface area contributed by atoms with Gasteiger partial charge in [-0.2, -0.15) is 4.31 Å². The molecule has 2 rings (SSSR count). The third-order valence-corrected chi connectivity index (χ3v) is 4.76.